The summed E-state index contributed by atoms with van der Waals surface area (Å²) in [6.45, 7) is 6.56. The maximum Gasteiger partial charge on any atom is 0.235 e. The molecule has 0 bridgehead atoms. The highest BCUT2D eigenvalue weighted by atomic mass is 32.2. The zero-order chi connectivity index (χ0) is 18.7. The molecule has 9 heteroatoms. The van der Waals surface area contributed by atoms with Gasteiger partial charge in [0.25, 0.3) is 0 Å². The van der Waals surface area contributed by atoms with Crippen LogP contribution in [0.1, 0.15) is 55.5 Å². The van der Waals surface area contributed by atoms with Crippen LogP contribution in [0.4, 0.5) is 5.82 Å². The van der Waals surface area contributed by atoms with Crippen molar-refractivity contribution in [2.75, 3.05) is 11.1 Å². The molecule has 138 valence electrons. The Morgan fingerprint density at radius 2 is 2.12 bits per heavy atom. The number of carbonyl (C=O) groups is 1. The number of hydrogen-bond acceptors (Lipinski definition) is 6. The molecule has 2 aromatic heterocycles. The van der Waals surface area contributed by atoms with E-state index in [0.29, 0.717) is 29.1 Å². The van der Waals surface area contributed by atoms with E-state index in [4.69, 9.17) is 0 Å². The van der Waals surface area contributed by atoms with Crippen LogP contribution in [0.5, 0.6) is 0 Å². The molecule has 1 aliphatic rings. The van der Waals surface area contributed by atoms with Gasteiger partial charge in [-0.3, -0.25) is 4.79 Å². The minimum atomic E-state index is -0.158. The fourth-order valence-electron chi connectivity index (χ4n) is 3.50. The zero-order valence-corrected chi connectivity index (χ0v) is 16.1. The van der Waals surface area contributed by atoms with Gasteiger partial charge in [0.15, 0.2) is 0 Å². The van der Waals surface area contributed by atoms with Crippen LogP contribution < -0.4 is 5.32 Å². The van der Waals surface area contributed by atoms with E-state index in [1.807, 2.05) is 20.8 Å². The van der Waals surface area contributed by atoms with E-state index in [9.17, 15) is 10.1 Å². The number of nitrogens with one attached hydrogen (secondary N) is 1. The van der Waals surface area contributed by atoms with E-state index in [0.717, 1.165) is 24.1 Å². The van der Waals surface area contributed by atoms with Crippen molar-refractivity contribution in [2.45, 2.75) is 64.2 Å². The van der Waals surface area contributed by atoms with Crippen molar-refractivity contribution in [2.24, 2.45) is 0 Å². The number of amides is 1. The first-order valence-corrected chi connectivity index (χ1v) is 9.85. The topological polar surface area (TPSA) is 101 Å². The summed E-state index contributed by atoms with van der Waals surface area (Å²) in [6.07, 6.45) is 4.55. The number of tetrazole rings is 1. The largest absolute Gasteiger partial charge is 0.327 e. The number of rotatable bonds is 6. The maximum absolute atomic E-state index is 12.5. The smallest absolute Gasteiger partial charge is 0.235 e. The van der Waals surface area contributed by atoms with Gasteiger partial charge in [-0.15, -0.1) is 5.10 Å². The van der Waals surface area contributed by atoms with Gasteiger partial charge in [-0.25, -0.2) is 4.68 Å². The molecule has 2 heterocycles. The molecule has 1 N–H and O–H groups in total. The molecule has 0 spiro atoms. The third-order valence-corrected chi connectivity index (χ3v) is 5.90. The van der Waals surface area contributed by atoms with Gasteiger partial charge in [-0.2, -0.15) is 5.26 Å². The van der Waals surface area contributed by atoms with Crippen LogP contribution in [0.3, 0.4) is 0 Å². The van der Waals surface area contributed by atoms with Gasteiger partial charge in [0, 0.05) is 18.3 Å². The van der Waals surface area contributed by atoms with Gasteiger partial charge in [-0.05, 0) is 49.6 Å². The van der Waals surface area contributed by atoms with E-state index in [-0.39, 0.29) is 11.7 Å². The molecule has 0 unspecified atom stereocenters. The monoisotopic (exact) mass is 373 g/mol. The van der Waals surface area contributed by atoms with Crippen LogP contribution in [-0.4, -0.2) is 36.4 Å². The van der Waals surface area contributed by atoms with Crippen molar-refractivity contribution >= 4 is 23.5 Å². The number of nitrogens with zero attached hydrogens (tertiary/aromatic N) is 6. The Morgan fingerprint density at radius 1 is 1.38 bits per heavy atom. The Balaban J connectivity index is 1.79. The van der Waals surface area contributed by atoms with Gasteiger partial charge in [0.1, 0.15) is 11.9 Å². The first kappa shape index (κ1) is 18.5. The number of nitriles is 1. The van der Waals surface area contributed by atoms with E-state index in [1.165, 1.54) is 24.6 Å². The second-order valence-electron chi connectivity index (χ2n) is 6.47. The van der Waals surface area contributed by atoms with Crippen molar-refractivity contribution in [1.29, 1.82) is 5.26 Å². The molecule has 3 rings (SSSR count). The lowest BCUT2D eigenvalue weighted by Crippen LogP contribution is -2.20. The molecule has 0 aromatic carbocycles. The molecule has 2 aromatic rings. The predicted octanol–water partition coefficient (Wildman–Crippen LogP) is 2.83. The first-order chi connectivity index (χ1) is 12.6. The lowest BCUT2D eigenvalue weighted by atomic mass is 10.2. The molecule has 1 saturated carbocycles. The van der Waals surface area contributed by atoms with Gasteiger partial charge in [-0.1, -0.05) is 24.6 Å². The number of aryl methyl sites for hydroxylation is 1. The van der Waals surface area contributed by atoms with Crippen molar-refractivity contribution in [3.05, 3.63) is 16.8 Å². The minimum Gasteiger partial charge on any atom is -0.327 e. The second kappa shape index (κ2) is 7.91. The number of anilines is 1. The van der Waals surface area contributed by atoms with Crippen LogP contribution in [0, 0.1) is 25.2 Å². The summed E-state index contributed by atoms with van der Waals surface area (Å²) >= 11 is 1.29. The summed E-state index contributed by atoms with van der Waals surface area (Å²) in [6, 6.07) is 2.62. The summed E-state index contributed by atoms with van der Waals surface area (Å²) in [5.74, 6) is 0.670. The first-order valence-electron chi connectivity index (χ1n) is 8.87. The third kappa shape index (κ3) is 3.46. The Kier molecular flexibility index (Phi) is 5.61. The summed E-state index contributed by atoms with van der Waals surface area (Å²) in [7, 11) is 0. The summed E-state index contributed by atoms with van der Waals surface area (Å²) in [5.41, 5.74) is 2.56. The fourth-order valence-corrected chi connectivity index (χ4v) is 4.24. The second-order valence-corrected chi connectivity index (χ2v) is 7.41. The molecule has 1 aliphatic carbocycles. The van der Waals surface area contributed by atoms with E-state index in [1.54, 1.807) is 4.68 Å². The average Bonchev–Trinajstić information content (AvgIpc) is 3.35. The quantitative estimate of drug-likeness (QED) is 0.781. The summed E-state index contributed by atoms with van der Waals surface area (Å²) in [4.78, 5) is 12.5. The van der Waals surface area contributed by atoms with Crippen molar-refractivity contribution in [3.8, 4) is 6.07 Å². The normalized spacial score (nSPS) is 14.5. The van der Waals surface area contributed by atoms with Gasteiger partial charge >= 0.3 is 0 Å². The third-order valence-electron chi connectivity index (χ3n) is 4.95. The molecule has 26 heavy (non-hydrogen) atoms. The van der Waals surface area contributed by atoms with Crippen molar-refractivity contribution in [1.82, 2.24) is 24.8 Å². The molecule has 0 radical (unpaired) electrons. The number of carbonyl (C=O) groups excluding carboxylic acids is 1. The van der Waals surface area contributed by atoms with Crippen molar-refractivity contribution in [3.63, 3.8) is 0 Å². The number of thioether (sulfide) groups is 1. The Hall–Kier alpha value is -2.34. The number of hydrogen-bond donors (Lipinski definition) is 1. The fraction of sp³-hybridized carbons (Fsp3) is 0.588. The van der Waals surface area contributed by atoms with Crippen LogP contribution >= 0.6 is 11.8 Å². The molecular weight excluding hydrogens is 350 g/mol. The van der Waals surface area contributed by atoms with Gasteiger partial charge in [0.2, 0.25) is 11.1 Å². The highest BCUT2D eigenvalue weighted by Crippen LogP contribution is 2.37. The van der Waals surface area contributed by atoms with E-state index in [2.05, 4.69) is 31.5 Å². The lowest BCUT2D eigenvalue weighted by molar-refractivity contribution is -0.113. The van der Waals surface area contributed by atoms with Crippen LogP contribution in [0.25, 0.3) is 0 Å². The van der Waals surface area contributed by atoms with Crippen molar-refractivity contribution < 1.29 is 4.79 Å². The van der Waals surface area contributed by atoms with Gasteiger partial charge < -0.3 is 9.88 Å². The standard InChI is InChI=1S/C17H23N7OS/c1-4-23-17(20-21-22-23)26-10-15(25)19-16-14(9-18)11(2)12(3)24(16)13-7-5-6-8-13/h13H,4-8,10H2,1-3H3,(H,19,25). The molecule has 0 saturated heterocycles. The Morgan fingerprint density at radius 3 is 2.77 bits per heavy atom. The predicted molar refractivity (Wildman–Crippen MR) is 99.0 cm³/mol. The molecule has 0 aliphatic heterocycles. The molecular formula is C17H23N7OS. The average molecular weight is 373 g/mol. The molecule has 1 amide bonds. The zero-order valence-electron chi connectivity index (χ0n) is 15.3. The SMILES string of the molecule is CCn1nnnc1SCC(=O)Nc1c(C#N)c(C)c(C)n1C1CCCC1. The maximum atomic E-state index is 12.5. The summed E-state index contributed by atoms with van der Waals surface area (Å²) in [5, 5.41) is 24.6. The summed E-state index contributed by atoms with van der Waals surface area (Å²) < 4.78 is 3.80. The van der Waals surface area contributed by atoms with Crippen LogP contribution in [-0.2, 0) is 11.3 Å². The van der Waals surface area contributed by atoms with E-state index < -0.39 is 0 Å². The Labute approximate surface area is 156 Å². The molecule has 0 atom stereocenters. The molecule has 1 fully saturated rings. The van der Waals surface area contributed by atoms with Gasteiger partial charge in [0.05, 0.1) is 11.3 Å². The van der Waals surface area contributed by atoms with Crippen LogP contribution in [0.15, 0.2) is 5.16 Å². The Bertz CT molecular complexity index is 842. The molecule has 8 nitrogen and oxygen atoms in total. The van der Waals surface area contributed by atoms with Crippen LogP contribution in [0.2, 0.25) is 0 Å². The highest BCUT2D eigenvalue weighted by molar-refractivity contribution is 7.99. The minimum absolute atomic E-state index is 0.158. The highest BCUT2D eigenvalue weighted by Gasteiger charge is 2.26. The number of aromatic nitrogens is 5. The lowest BCUT2D eigenvalue weighted by Gasteiger charge is -2.19. The van der Waals surface area contributed by atoms with E-state index >= 15 is 0 Å².